The van der Waals surface area contributed by atoms with Gasteiger partial charge in [0.05, 0.1) is 19.1 Å². The maximum absolute atomic E-state index is 12.1. The SMILES string of the molecule is CN=C(NCc1ccc(S(=O)(=O)N(C)C)cc1)NCc1ccc(OC)cc1OC.I. The first-order chi connectivity index (χ1) is 13.8. The Morgan fingerprint density at radius 3 is 2.17 bits per heavy atom. The van der Waals surface area contributed by atoms with Crippen molar-refractivity contribution in [3.63, 3.8) is 0 Å². The molecule has 0 heterocycles. The van der Waals surface area contributed by atoms with Crippen LogP contribution >= 0.6 is 24.0 Å². The lowest BCUT2D eigenvalue weighted by atomic mass is 10.2. The van der Waals surface area contributed by atoms with Crippen molar-refractivity contribution in [1.82, 2.24) is 14.9 Å². The molecule has 0 radical (unpaired) electrons. The van der Waals surface area contributed by atoms with Gasteiger partial charge in [-0.1, -0.05) is 12.1 Å². The number of nitrogens with zero attached hydrogens (tertiary/aromatic N) is 2. The van der Waals surface area contributed by atoms with Gasteiger partial charge in [-0.2, -0.15) is 0 Å². The molecule has 30 heavy (non-hydrogen) atoms. The van der Waals surface area contributed by atoms with Crippen LogP contribution in [-0.2, 0) is 23.1 Å². The molecule has 0 atom stereocenters. The van der Waals surface area contributed by atoms with E-state index in [0.717, 1.165) is 22.6 Å². The number of nitrogens with one attached hydrogen (secondary N) is 2. The van der Waals surface area contributed by atoms with Crippen molar-refractivity contribution in [1.29, 1.82) is 0 Å². The number of methoxy groups -OCH3 is 2. The maximum atomic E-state index is 12.1. The lowest BCUT2D eigenvalue weighted by Crippen LogP contribution is -2.36. The van der Waals surface area contributed by atoms with Crippen LogP contribution in [0.5, 0.6) is 11.5 Å². The highest BCUT2D eigenvalue weighted by Crippen LogP contribution is 2.24. The summed E-state index contributed by atoms with van der Waals surface area (Å²) in [5.41, 5.74) is 1.90. The molecule has 0 fully saturated rings. The molecule has 0 aliphatic carbocycles. The van der Waals surface area contributed by atoms with Gasteiger partial charge in [0.25, 0.3) is 0 Å². The normalized spacial score (nSPS) is 11.6. The van der Waals surface area contributed by atoms with Crippen LogP contribution in [0.4, 0.5) is 0 Å². The summed E-state index contributed by atoms with van der Waals surface area (Å²) in [5.74, 6) is 2.07. The molecule has 0 amide bonds. The molecule has 2 N–H and O–H groups in total. The van der Waals surface area contributed by atoms with E-state index < -0.39 is 10.0 Å². The predicted octanol–water partition coefficient (Wildman–Crippen LogP) is 2.44. The van der Waals surface area contributed by atoms with Crippen LogP contribution in [0.25, 0.3) is 0 Å². The highest BCUT2D eigenvalue weighted by molar-refractivity contribution is 14.0. The molecule has 0 saturated heterocycles. The maximum Gasteiger partial charge on any atom is 0.242 e. The summed E-state index contributed by atoms with van der Waals surface area (Å²) in [6, 6.07) is 12.4. The Bertz CT molecular complexity index is 948. The van der Waals surface area contributed by atoms with Crippen molar-refractivity contribution in [3.8, 4) is 11.5 Å². The summed E-state index contributed by atoms with van der Waals surface area (Å²) in [7, 11) is 4.52. The van der Waals surface area contributed by atoms with E-state index in [0.29, 0.717) is 19.0 Å². The minimum atomic E-state index is -3.42. The molecule has 8 nitrogen and oxygen atoms in total. The molecule has 0 aromatic heterocycles. The number of aliphatic imine (C=N–C) groups is 1. The molecule has 0 aliphatic rings. The summed E-state index contributed by atoms with van der Waals surface area (Å²) in [6.45, 7) is 1.02. The number of guanidine groups is 1. The van der Waals surface area contributed by atoms with Crippen LogP contribution in [0.1, 0.15) is 11.1 Å². The quantitative estimate of drug-likeness (QED) is 0.299. The van der Waals surface area contributed by atoms with Crippen LogP contribution < -0.4 is 20.1 Å². The monoisotopic (exact) mass is 548 g/mol. The van der Waals surface area contributed by atoms with E-state index in [1.807, 2.05) is 18.2 Å². The van der Waals surface area contributed by atoms with Gasteiger partial charge < -0.3 is 20.1 Å². The van der Waals surface area contributed by atoms with Gasteiger partial charge in [0.2, 0.25) is 10.0 Å². The van der Waals surface area contributed by atoms with E-state index in [1.165, 1.54) is 18.4 Å². The van der Waals surface area contributed by atoms with Crippen LogP contribution in [0.15, 0.2) is 52.4 Å². The van der Waals surface area contributed by atoms with Crippen LogP contribution in [-0.4, -0.2) is 54.0 Å². The van der Waals surface area contributed by atoms with E-state index in [9.17, 15) is 8.42 Å². The number of rotatable bonds is 8. The largest absolute Gasteiger partial charge is 0.497 e. The molecular weight excluding hydrogens is 519 g/mol. The van der Waals surface area contributed by atoms with Crippen LogP contribution in [0.2, 0.25) is 0 Å². The summed E-state index contributed by atoms with van der Waals surface area (Å²) in [4.78, 5) is 4.48. The lowest BCUT2D eigenvalue weighted by molar-refractivity contribution is 0.390. The second-order valence-electron chi connectivity index (χ2n) is 6.39. The van der Waals surface area contributed by atoms with Gasteiger partial charge in [-0.25, -0.2) is 12.7 Å². The molecule has 10 heteroatoms. The second kappa shape index (κ2) is 12.0. The highest BCUT2D eigenvalue weighted by Gasteiger charge is 2.16. The van der Waals surface area contributed by atoms with Gasteiger partial charge in [0, 0.05) is 45.9 Å². The fourth-order valence-corrected chi connectivity index (χ4v) is 3.48. The summed E-state index contributed by atoms with van der Waals surface area (Å²) in [5, 5.41) is 6.44. The number of hydrogen-bond donors (Lipinski definition) is 2. The Balaban J connectivity index is 0.00000450. The molecule has 0 bridgehead atoms. The summed E-state index contributed by atoms with van der Waals surface area (Å²) in [6.07, 6.45) is 0. The van der Waals surface area contributed by atoms with Gasteiger partial charge in [0.15, 0.2) is 5.96 Å². The van der Waals surface area contributed by atoms with E-state index in [-0.39, 0.29) is 28.9 Å². The van der Waals surface area contributed by atoms with Gasteiger partial charge in [0.1, 0.15) is 11.5 Å². The van der Waals surface area contributed by atoms with Gasteiger partial charge in [-0.3, -0.25) is 4.99 Å². The summed E-state index contributed by atoms with van der Waals surface area (Å²) < 4.78 is 36.1. The van der Waals surface area contributed by atoms with Crippen LogP contribution in [0.3, 0.4) is 0 Å². The number of halogens is 1. The van der Waals surface area contributed by atoms with Crippen molar-refractivity contribution in [3.05, 3.63) is 53.6 Å². The first-order valence-corrected chi connectivity index (χ1v) is 10.4. The molecule has 2 rings (SSSR count). The van der Waals surface area contributed by atoms with Gasteiger partial charge in [-0.05, 0) is 29.8 Å². The minimum Gasteiger partial charge on any atom is -0.497 e. The molecule has 2 aromatic rings. The molecular formula is C20H29IN4O4S. The van der Waals surface area contributed by atoms with Crippen molar-refractivity contribution >= 4 is 40.0 Å². The molecule has 166 valence electrons. The van der Waals surface area contributed by atoms with E-state index in [1.54, 1.807) is 45.5 Å². The number of benzene rings is 2. The minimum absolute atomic E-state index is 0. The summed E-state index contributed by atoms with van der Waals surface area (Å²) >= 11 is 0. The Labute approximate surface area is 195 Å². The van der Waals surface area contributed by atoms with Gasteiger partial charge >= 0.3 is 0 Å². The zero-order valence-electron chi connectivity index (χ0n) is 17.8. The molecule has 0 spiro atoms. The number of ether oxygens (including phenoxy) is 2. The Kier molecular flexibility index (Phi) is 10.4. The number of hydrogen-bond acceptors (Lipinski definition) is 5. The highest BCUT2D eigenvalue weighted by atomic mass is 127. The second-order valence-corrected chi connectivity index (χ2v) is 8.54. The molecule has 0 saturated carbocycles. The van der Waals surface area contributed by atoms with E-state index in [4.69, 9.17) is 9.47 Å². The average Bonchev–Trinajstić information content (AvgIpc) is 2.74. The molecule has 2 aromatic carbocycles. The third-order valence-electron chi connectivity index (χ3n) is 4.33. The first-order valence-electron chi connectivity index (χ1n) is 8.98. The lowest BCUT2D eigenvalue weighted by Gasteiger charge is -2.15. The fraction of sp³-hybridized carbons (Fsp3) is 0.350. The zero-order chi connectivity index (χ0) is 21.4. The predicted molar refractivity (Wildman–Crippen MR) is 129 cm³/mol. The Morgan fingerprint density at radius 2 is 1.63 bits per heavy atom. The average molecular weight is 548 g/mol. The van der Waals surface area contributed by atoms with Crippen molar-refractivity contribution in [2.75, 3.05) is 35.4 Å². The van der Waals surface area contributed by atoms with Crippen molar-refractivity contribution < 1.29 is 17.9 Å². The standard InChI is InChI=1S/C20H28N4O4S.HI/c1-21-20(23-14-16-8-9-17(27-4)12-19(16)28-5)22-13-15-6-10-18(11-7-15)29(25,26)24(2)3;/h6-12H,13-14H2,1-5H3,(H2,21,22,23);1H. The third kappa shape index (κ3) is 6.74. The van der Waals surface area contributed by atoms with E-state index >= 15 is 0 Å². The molecule has 0 aliphatic heterocycles. The first kappa shape index (κ1) is 26.0. The van der Waals surface area contributed by atoms with Crippen molar-refractivity contribution in [2.45, 2.75) is 18.0 Å². The third-order valence-corrected chi connectivity index (χ3v) is 6.16. The van der Waals surface area contributed by atoms with Crippen molar-refractivity contribution in [2.24, 2.45) is 4.99 Å². The van der Waals surface area contributed by atoms with E-state index in [2.05, 4.69) is 15.6 Å². The topological polar surface area (TPSA) is 92.3 Å². The fourth-order valence-electron chi connectivity index (χ4n) is 2.57. The molecule has 0 unspecified atom stereocenters. The number of sulfonamides is 1. The Morgan fingerprint density at radius 1 is 1.00 bits per heavy atom. The zero-order valence-corrected chi connectivity index (χ0v) is 20.9. The van der Waals surface area contributed by atoms with Gasteiger partial charge in [-0.15, -0.1) is 24.0 Å². The smallest absolute Gasteiger partial charge is 0.242 e. The van der Waals surface area contributed by atoms with Crippen LogP contribution in [0, 0.1) is 0 Å². The Hall–Kier alpha value is -2.05.